The Kier molecular flexibility index (Phi) is 4.57. The van der Waals surface area contributed by atoms with Gasteiger partial charge in [-0.1, -0.05) is 0 Å². The van der Waals surface area contributed by atoms with Gasteiger partial charge in [-0.3, -0.25) is 9.59 Å². The van der Waals surface area contributed by atoms with Gasteiger partial charge in [0.2, 0.25) is 5.91 Å². The standard InChI is InChI=1S/C11H15NO4/c1-12(8-9-4-3-7-16-9)10(13)5-2-6-11(14)15/h3-4,7H,2,5-6,8H2,1H3,(H,14,15). The van der Waals surface area contributed by atoms with Crippen molar-refractivity contribution in [3.05, 3.63) is 24.2 Å². The molecule has 0 aliphatic heterocycles. The first-order valence-corrected chi connectivity index (χ1v) is 5.07. The van der Waals surface area contributed by atoms with Gasteiger partial charge in [0.05, 0.1) is 12.8 Å². The maximum Gasteiger partial charge on any atom is 0.303 e. The highest BCUT2D eigenvalue weighted by Gasteiger charge is 2.10. The van der Waals surface area contributed by atoms with Crippen LogP contribution >= 0.6 is 0 Å². The fraction of sp³-hybridized carbons (Fsp3) is 0.455. The van der Waals surface area contributed by atoms with Crippen LogP contribution in [0.25, 0.3) is 0 Å². The van der Waals surface area contributed by atoms with Crippen LogP contribution in [0.1, 0.15) is 25.0 Å². The van der Waals surface area contributed by atoms with Gasteiger partial charge < -0.3 is 14.4 Å². The summed E-state index contributed by atoms with van der Waals surface area (Å²) in [6, 6.07) is 3.55. The molecule has 0 fully saturated rings. The van der Waals surface area contributed by atoms with E-state index in [0.29, 0.717) is 18.7 Å². The summed E-state index contributed by atoms with van der Waals surface area (Å²) in [5.74, 6) is -0.228. The van der Waals surface area contributed by atoms with E-state index < -0.39 is 5.97 Å². The summed E-state index contributed by atoms with van der Waals surface area (Å²) >= 11 is 0. The third-order valence-electron chi connectivity index (χ3n) is 2.18. The first-order valence-electron chi connectivity index (χ1n) is 5.07. The molecule has 0 unspecified atom stereocenters. The predicted molar refractivity (Wildman–Crippen MR) is 56.7 cm³/mol. The Morgan fingerprint density at radius 3 is 2.75 bits per heavy atom. The van der Waals surface area contributed by atoms with Crippen molar-refractivity contribution in [3.8, 4) is 0 Å². The van der Waals surface area contributed by atoms with Gasteiger partial charge in [-0.25, -0.2) is 0 Å². The van der Waals surface area contributed by atoms with E-state index in [4.69, 9.17) is 9.52 Å². The minimum atomic E-state index is -0.874. The number of carbonyl (C=O) groups excluding carboxylic acids is 1. The Bertz CT molecular complexity index is 345. The van der Waals surface area contributed by atoms with Gasteiger partial charge in [0.1, 0.15) is 5.76 Å². The number of carbonyl (C=O) groups is 2. The van der Waals surface area contributed by atoms with Crippen molar-refractivity contribution >= 4 is 11.9 Å². The van der Waals surface area contributed by atoms with E-state index in [2.05, 4.69) is 0 Å². The number of hydrogen-bond donors (Lipinski definition) is 1. The molecule has 5 nitrogen and oxygen atoms in total. The van der Waals surface area contributed by atoms with Gasteiger partial charge in [0, 0.05) is 19.9 Å². The molecule has 88 valence electrons. The maximum atomic E-state index is 11.5. The molecule has 1 rings (SSSR count). The number of aliphatic carboxylic acids is 1. The zero-order valence-electron chi connectivity index (χ0n) is 9.18. The molecule has 0 aliphatic rings. The molecule has 1 aromatic rings. The molecule has 0 bridgehead atoms. The highest BCUT2D eigenvalue weighted by molar-refractivity contribution is 5.76. The van der Waals surface area contributed by atoms with Crippen molar-refractivity contribution < 1.29 is 19.1 Å². The number of amides is 1. The number of nitrogens with zero attached hydrogens (tertiary/aromatic N) is 1. The zero-order chi connectivity index (χ0) is 12.0. The van der Waals surface area contributed by atoms with Crippen molar-refractivity contribution in [2.75, 3.05) is 7.05 Å². The molecule has 5 heteroatoms. The third kappa shape index (κ3) is 4.16. The number of hydrogen-bond acceptors (Lipinski definition) is 3. The van der Waals surface area contributed by atoms with Crippen LogP contribution in [-0.4, -0.2) is 28.9 Å². The lowest BCUT2D eigenvalue weighted by Gasteiger charge is -2.15. The normalized spacial score (nSPS) is 10.1. The second-order valence-electron chi connectivity index (χ2n) is 3.58. The molecule has 1 amide bonds. The number of furan rings is 1. The molecule has 0 radical (unpaired) electrons. The Morgan fingerprint density at radius 2 is 2.19 bits per heavy atom. The molecule has 16 heavy (non-hydrogen) atoms. The van der Waals surface area contributed by atoms with Crippen LogP contribution < -0.4 is 0 Å². The molecular formula is C11H15NO4. The van der Waals surface area contributed by atoms with E-state index in [1.807, 2.05) is 0 Å². The van der Waals surface area contributed by atoms with Crippen molar-refractivity contribution in [2.24, 2.45) is 0 Å². The smallest absolute Gasteiger partial charge is 0.303 e. The van der Waals surface area contributed by atoms with E-state index >= 15 is 0 Å². The Balaban J connectivity index is 2.28. The summed E-state index contributed by atoms with van der Waals surface area (Å²) in [6.45, 7) is 0.416. The second-order valence-corrected chi connectivity index (χ2v) is 3.58. The maximum absolute atomic E-state index is 11.5. The number of rotatable bonds is 6. The van der Waals surface area contributed by atoms with Crippen LogP contribution in [-0.2, 0) is 16.1 Å². The van der Waals surface area contributed by atoms with Gasteiger partial charge in [0.15, 0.2) is 0 Å². The van der Waals surface area contributed by atoms with E-state index in [1.165, 1.54) is 4.90 Å². The minimum Gasteiger partial charge on any atom is -0.481 e. The molecular weight excluding hydrogens is 210 g/mol. The van der Waals surface area contributed by atoms with Gasteiger partial charge in [-0.05, 0) is 18.6 Å². The SMILES string of the molecule is CN(Cc1ccco1)C(=O)CCCC(=O)O. The number of carboxylic acid groups (broad SMARTS) is 1. The number of carboxylic acids is 1. The minimum absolute atomic E-state index is 0.0281. The average Bonchev–Trinajstić information content (AvgIpc) is 2.69. The van der Waals surface area contributed by atoms with Crippen molar-refractivity contribution in [2.45, 2.75) is 25.8 Å². The van der Waals surface area contributed by atoms with E-state index in [1.54, 1.807) is 25.4 Å². The predicted octanol–water partition coefficient (Wildman–Crippen LogP) is 1.49. The molecule has 0 saturated heterocycles. The van der Waals surface area contributed by atoms with Crippen LogP contribution in [0.15, 0.2) is 22.8 Å². The van der Waals surface area contributed by atoms with Gasteiger partial charge >= 0.3 is 5.97 Å². The summed E-state index contributed by atoms with van der Waals surface area (Å²) in [5, 5.41) is 8.43. The summed E-state index contributed by atoms with van der Waals surface area (Å²) in [6.07, 6.45) is 2.21. The van der Waals surface area contributed by atoms with Crippen LogP contribution in [0.4, 0.5) is 0 Å². The van der Waals surface area contributed by atoms with Crippen LogP contribution in [0.3, 0.4) is 0 Å². The Hall–Kier alpha value is -1.78. The van der Waals surface area contributed by atoms with Crippen LogP contribution in [0.2, 0.25) is 0 Å². The van der Waals surface area contributed by atoms with E-state index in [9.17, 15) is 9.59 Å². The van der Waals surface area contributed by atoms with Gasteiger partial charge in [-0.2, -0.15) is 0 Å². The summed E-state index contributed by atoms with van der Waals surface area (Å²) < 4.78 is 5.11. The van der Waals surface area contributed by atoms with Crippen molar-refractivity contribution in [3.63, 3.8) is 0 Å². The van der Waals surface area contributed by atoms with E-state index in [-0.39, 0.29) is 18.7 Å². The topological polar surface area (TPSA) is 70.8 Å². The highest BCUT2D eigenvalue weighted by Crippen LogP contribution is 2.06. The molecule has 0 aromatic carbocycles. The third-order valence-corrected chi connectivity index (χ3v) is 2.18. The van der Waals surface area contributed by atoms with Crippen LogP contribution in [0, 0.1) is 0 Å². The molecule has 1 aromatic heterocycles. The van der Waals surface area contributed by atoms with E-state index in [0.717, 1.165) is 0 Å². The molecule has 1 N–H and O–H groups in total. The fourth-order valence-corrected chi connectivity index (χ4v) is 1.31. The lowest BCUT2D eigenvalue weighted by molar-refractivity contribution is -0.137. The summed E-state index contributed by atoms with van der Waals surface area (Å²) in [4.78, 5) is 23.3. The summed E-state index contributed by atoms with van der Waals surface area (Å²) in [7, 11) is 1.67. The molecule has 0 saturated carbocycles. The lowest BCUT2D eigenvalue weighted by Crippen LogP contribution is -2.25. The highest BCUT2D eigenvalue weighted by atomic mass is 16.4. The quantitative estimate of drug-likeness (QED) is 0.796. The summed E-state index contributed by atoms with van der Waals surface area (Å²) in [5.41, 5.74) is 0. The first-order chi connectivity index (χ1) is 7.59. The molecule has 0 aliphatic carbocycles. The van der Waals surface area contributed by atoms with Crippen LogP contribution in [0.5, 0.6) is 0 Å². The first kappa shape index (κ1) is 12.3. The van der Waals surface area contributed by atoms with Gasteiger partial charge in [-0.15, -0.1) is 0 Å². The van der Waals surface area contributed by atoms with Crippen molar-refractivity contribution in [1.82, 2.24) is 4.90 Å². The zero-order valence-corrected chi connectivity index (χ0v) is 9.18. The fourth-order valence-electron chi connectivity index (χ4n) is 1.31. The second kappa shape index (κ2) is 5.95. The molecule has 0 atom stereocenters. The Morgan fingerprint density at radius 1 is 1.44 bits per heavy atom. The van der Waals surface area contributed by atoms with Gasteiger partial charge in [0.25, 0.3) is 0 Å². The largest absolute Gasteiger partial charge is 0.481 e. The Labute approximate surface area is 93.7 Å². The lowest BCUT2D eigenvalue weighted by atomic mass is 10.2. The molecule has 0 spiro atoms. The monoisotopic (exact) mass is 225 g/mol. The van der Waals surface area contributed by atoms with Crippen molar-refractivity contribution in [1.29, 1.82) is 0 Å². The average molecular weight is 225 g/mol. The molecule has 1 heterocycles.